The Morgan fingerprint density at radius 2 is 1.92 bits per heavy atom. The molecule has 4 nitrogen and oxygen atoms in total. The predicted molar refractivity (Wildman–Crippen MR) is 111 cm³/mol. The fourth-order valence-electron chi connectivity index (χ4n) is 2.70. The van der Waals surface area contributed by atoms with Crippen molar-refractivity contribution in [1.82, 2.24) is 4.90 Å². The average Bonchev–Trinajstić information content (AvgIpc) is 2.88. The number of hydrogen-bond donors (Lipinski definition) is 1. The van der Waals surface area contributed by atoms with Gasteiger partial charge in [-0.25, -0.2) is 0 Å². The number of nitrogens with one attached hydrogen (secondary N) is 1. The maximum Gasteiger partial charge on any atom is 0.256 e. The normalized spacial score (nSPS) is 14.7. The van der Waals surface area contributed by atoms with Gasteiger partial charge in [-0.1, -0.05) is 12.1 Å². The summed E-state index contributed by atoms with van der Waals surface area (Å²) >= 11 is 2.26. The Kier molecular flexibility index (Phi) is 5.75. The summed E-state index contributed by atoms with van der Waals surface area (Å²) in [6.45, 7) is 1.71. The van der Waals surface area contributed by atoms with Crippen molar-refractivity contribution in [3.63, 3.8) is 0 Å². The smallest absolute Gasteiger partial charge is 0.256 e. The van der Waals surface area contributed by atoms with Crippen LogP contribution in [-0.2, 0) is 4.79 Å². The molecule has 0 bridgehead atoms. The number of amides is 1. The maximum absolute atomic E-state index is 12.2. The number of rotatable bonds is 6. The third kappa shape index (κ3) is 4.61. The molecule has 0 radical (unpaired) electrons. The standard InChI is InChI=1S/C20H21IN2O2/c1-23(2)10-3-11-25-16-7-4-14(5-8-16)12-18-17-13-15(21)6-9-19(17)22-20(18)24/h4-9,12-13H,3,10-11H2,1-2H3,(H,22,24). The lowest BCUT2D eigenvalue weighted by atomic mass is 10.0. The van der Waals surface area contributed by atoms with Crippen molar-refractivity contribution in [3.05, 3.63) is 57.2 Å². The molecule has 0 aromatic heterocycles. The molecule has 0 saturated heterocycles. The zero-order valence-electron chi connectivity index (χ0n) is 14.4. The minimum atomic E-state index is -0.0546. The first-order chi connectivity index (χ1) is 12.0. The highest BCUT2D eigenvalue weighted by molar-refractivity contribution is 14.1. The van der Waals surface area contributed by atoms with Gasteiger partial charge >= 0.3 is 0 Å². The zero-order valence-corrected chi connectivity index (χ0v) is 16.5. The van der Waals surface area contributed by atoms with Gasteiger partial charge < -0.3 is 15.0 Å². The Labute approximate surface area is 162 Å². The first kappa shape index (κ1) is 17.9. The third-order valence-corrected chi connectivity index (χ3v) is 4.65. The fraction of sp³-hybridized carbons (Fsp3) is 0.250. The molecule has 0 spiro atoms. The Morgan fingerprint density at radius 1 is 1.16 bits per heavy atom. The summed E-state index contributed by atoms with van der Waals surface area (Å²) in [5.74, 6) is 0.799. The molecular formula is C20H21IN2O2. The molecule has 2 aromatic carbocycles. The number of carbonyl (C=O) groups is 1. The second kappa shape index (κ2) is 8.01. The number of hydrogen-bond acceptors (Lipinski definition) is 3. The minimum absolute atomic E-state index is 0.0546. The van der Waals surface area contributed by atoms with Crippen LogP contribution in [0.1, 0.15) is 17.5 Å². The van der Waals surface area contributed by atoms with Gasteiger partial charge in [-0.3, -0.25) is 4.79 Å². The second-order valence-corrected chi connectivity index (χ2v) is 7.52. The van der Waals surface area contributed by atoms with E-state index >= 15 is 0 Å². The molecular weight excluding hydrogens is 427 g/mol. The van der Waals surface area contributed by atoms with Crippen LogP contribution in [0.2, 0.25) is 0 Å². The van der Waals surface area contributed by atoms with Crippen LogP contribution < -0.4 is 10.1 Å². The Hall–Kier alpha value is -1.86. The number of anilines is 1. The molecule has 0 unspecified atom stereocenters. The summed E-state index contributed by atoms with van der Waals surface area (Å²) in [5.41, 5.74) is 3.52. The van der Waals surface area contributed by atoms with Gasteiger partial charge in [0.1, 0.15) is 5.75 Å². The fourth-order valence-corrected chi connectivity index (χ4v) is 3.19. The van der Waals surface area contributed by atoms with E-state index in [1.165, 1.54) is 0 Å². The summed E-state index contributed by atoms with van der Waals surface area (Å²) in [6, 6.07) is 13.8. The molecule has 5 heteroatoms. The van der Waals surface area contributed by atoms with E-state index in [0.717, 1.165) is 39.1 Å². The van der Waals surface area contributed by atoms with E-state index < -0.39 is 0 Å². The van der Waals surface area contributed by atoms with Gasteiger partial charge in [0.25, 0.3) is 5.91 Å². The zero-order chi connectivity index (χ0) is 17.8. The van der Waals surface area contributed by atoms with Crippen LogP contribution in [-0.4, -0.2) is 38.1 Å². The Bertz CT molecular complexity index is 798. The number of benzene rings is 2. The summed E-state index contributed by atoms with van der Waals surface area (Å²) in [4.78, 5) is 14.4. The van der Waals surface area contributed by atoms with E-state index in [4.69, 9.17) is 4.74 Å². The Balaban J connectivity index is 1.70. The van der Waals surface area contributed by atoms with Crippen molar-refractivity contribution in [1.29, 1.82) is 0 Å². The number of ether oxygens (including phenoxy) is 1. The lowest BCUT2D eigenvalue weighted by molar-refractivity contribution is -0.110. The molecule has 1 heterocycles. The average molecular weight is 448 g/mol. The highest BCUT2D eigenvalue weighted by atomic mass is 127. The van der Waals surface area contributed by atoms with Crippen LogP contribution >= 0.6 is 22.6 Å². The van der Waals surface area contributed by atoms with Crippen LogP contribution in [0.5, 0.6) is 5.75 Å². The topological polar surface area (TPSA) is 41.6 Å². The molecule has 0 saturated carbocycles. The van der Waals surface area contributed by atoms with Crippen molar-refractivity contribution in [2.24, 2.45) is 0 Å². The van der Waals surface area contributed by atoms with Crippen molar-refractivity contribution < 1.29 is 9.53 Å². The monoisotopic (exact) mass is 448 g/mol. The van der Waals surface area contributed by atoms with Crippen LogP contribution in [0.3, 0.4) is 0 Å². The van der Waals surface area contributed by atoms with E-state index in [2.05, 4.69) is 46.9 Å². The van der Waals surface area contributed by atoms with E-state index in [1.807, 2.05) is 48.5 Å². The minimum Gasteiger partial charge on any atom is -0.494 e. The molecule has 2 aromatic rings. The molecule has 0 fully saturated rings. The second-order valence-electron chi connectivity index (χ2n) is 6.28. The highest BCUT2D eigenvalue weighted by Crippen LogP contribution is 2.34. The summed E-state index contributed by atoms with van der Waals surface area (Å²) in [7, 11) is 4.11. The highest BCUT2D eigenvalue weighted by Gasteiger charge is 2.23. The van der Waals surface area contributed by atoms with Gasteiger partial charge in [-0.2, -0.15) is 0 Å². The van der Waals surface area contributed by atoms with Gasteiger partial charge in [-0.05, 0) is 85.1 Å². The molecule has 130 valence electrons. The molecule has 1 N–H and O–H groups in total. The van der Waals surface area contributed by atoms with Gasteiger partial charge in [0.15, 0.2) is 0 Å². The first-order valence-corrected chi connectivity index (χ1v) is 9.31. The summed E-state index contributed by atoms with van der Waals surface area (Å²) in [6.07, 6.45) is 2.92. The quantitative estimate of drug-likeness (QED) is 0.411. The first-order valence-electron chi connectivity index (χ1n) is 8.23. The van der Waals surface area contributed by atoms with Crippen LogP contribution in [0.4, 0.5) is 5.69 Å². The number of halogens is 1. The lowest BCUT2D eigenvalue weighted by Gasteiger charge is -2.10. The van der Waals surface area contributed by atoms with E-state index in [0.29, 0.717) is 12.2 Å². The van der Waals surface area contributed by atoms with Crippen molar-refractivity contribution in [2.45, 2.75) is 6.42 Å². The number of carbonyl (C=O) groups excluding carboxylic acids is 1. The number of fused-ring (bicyclic) bond motifs is 1. The molecule has 0 atom stereocenters. The molecule has 1 amide bonds. The van der Waals surface area contributed by atoms with Crippen molar-refractivity contribution in [2.75, 3.05) is 32.6 Å². The predicted octanol–water partition coefficient (Wildman–Crippen LogP) is 4.11. The van der Waals surface area contributed by atoms with Gasteiger partial charge in [0.05, 0.1) is 6.61 Å². The third-order valence-electron chi connectivity index (χ3n) is 3.97. The Morgan fingerprint density at radius 3 is 2.64 bits per heavy atom. The van der Waals surface area contributed by atoms with E-state index in [1.54, 1.807) is 0 Å². The SMILES string of the molecule is CN(C)CCCOc1ccc(C=C2C(=O)Nc3ccc(I)cc32)cc1. The van der Waals surface area contributed by atoms with Crippen molar-refractivity contribution in [3.8, 4) is 5.75 Å². The van der Waals surface area contributed by atoms with E-state index in [9.17, 15) is 4.79 Å². The largest absolute Gasteiger partial charge is 0.494 e. The molecule has 1 aliphatic rings. The van der Waals surface area contributed by atoms with Crippen LogP contribution in [0.15, 0.2) is 42.5 Å². The maximum atomic E-state index is 12.2. The van der Waals surface area contributed by atoms with Gasteiger partial charge in [-0.15, -0.1) is 0 Å². The lowest BCUT2D eigenvalue weighted by Crippen LogP contribution is -2.15. The number of nitrogens with zero attached hydrogens (tertiary/aromatic N) is 1. The summed E-state index contributed by atoms with van der Waals surface area (Å²) < 4.78 is 6.86. The van der Waals surface area contributed by atoms with Gasteiger partial charge in [0.2, 0.25) is 0 Å². The van der Waals surface area contributed by atoms with Crippen LogP contribution in [0.25, 0.3) is 11.6 Å². The molecule has 25 heavy (non-hydrogen) atoms. The molecule has 1 aliphatic heterocycles. The van der Waals surface area contributed by atoms with Gasteiger partial charge in [0, 0.05) is 26.9 Å². The molecule has 3 rings (SSSR count). The van der Waals surface area contributed by atoms with Crippen LogP contribution in [0, 0.1) is 3.57 Å². The van der Waals surface area contributed by atoms with Crippen molar-refractivity contribution >= 4 is 45.8 Å². The summed E-state index contributed by atoms with van der Waals surface area (Å²) in [5, 5.41) is 2.91. The molecule has 0 aliphatic carbocycles. The van der Waals surface area contributed by atoms with E-state index in [-0.39, 0.29) is 5.91 Å².